The number of carbonyl (C=O) groups excluding carboxylic acids is 3. The van der Waals surface area contributed by atoms with Crippen LogP contribution >= 0.6 is 0 Å². The van der Waals surface area contributed by atoms with Gasteiger partial charge < -0.3 is 43.2 Å². The van der Waals surface area contributed by atoms with Crippen molar-refractivity contribution in [1.82, 2.24) is 4.90 Å². The van der Waals surface area contributed by atoms with Crippen molar-refractivity contribution in [3.8, 4) is 0 Å². The van der Waals surface area contributed by atoms with Crippen molar-refractivity contribution in [1.29, 1.82) is 0 Å². The molecule has 12 heteroatoms. The SMILES string of the molecule is CC[C@H]1OC(=O)[C-](C)C(=O)[C@H](C)[C@@H](O[C@@H]2O[C@H](C)C[C@H](N(C)C)[C@H]2OC)[C@@]2(C)C[C@@H](C)[C@H](C)[C@H](C)C(OCC(=O)CO2)[C@]1(C)O.[Y]. The summed E-state index contributed by atoms with van der Waals surface area (Å²) < 4.78 is 37.6. The predicted molar refractivity (Wildman–Crippen MR) is 167 cm³/mol. The number of methoxy groups -OCH3 is 1. The van der Waals surface area contributed by atoms with Gasteiger partial charge in [-0.05, 0) is 71.9 Å². The molecule has 0 saturated carbocycles. The predicted octanol–water partition coefficient (Wildman–Crippen LogP) is 3.38. The zero-order valence-electron chi connectivity index (χ0n) is 30.0. The van der Waals surface area contributed by atoms with Crippen LogP contribution in [-0.2, 0) is 75.5 Å². The molecule has 3 heterocycles. The molecule has 3 saturated heterocycles. The zero-order chi connectivity index (χ0) is 34.0. The summed E-state index contributed by atoms with van der Waals surface area (Å²) in [6.45, 7) is 15.9. The monoisotopic (exact) mass is 729 g/mol. The summed E-state index contributed by atoms with van der Waals surface area (Å²) >= 11 is 0. The molecule has 3 aliphatic heterocycles. The standard InChI is InChI=1S/C34H58NO10.Y/c1-13-26-34(9,39)30-21(5)20(4)18(2)15-33(8,42-17-24(36)16-41-30)29(22(6)27(37)23(7)31(38)44-26)45-32-28(40-12)25(35(10)11)14-19(3)43-32;/h18-22,25-26,28-30,32,39H,13-17H2,1-12H3;/q-1;/t18-,19-,20+,21+,22+,25+,26-,28-,29-,30?,32+,33-,34-;/m1./s1. The Bertz CT molecular complexity index is 1040. The zero-order valence-corrected chi connectivity index (χ0v) is 32.9. The van der Waals surface area contributed by atoms with E-state index in [0.717, 1.165) is 6.42 Å². The van der Waals surface area contributed by atoms with E-state index in [4.69, 9.17) is 28.4 Å². The van der Waals surface area contributed by atoms with E-state index >= 15 is 0 Å². The fourth-order valence-corrected chi connectivity index (χ4v) is 7.63. The Labute approximate surface area is 301 Å². The van der Waals surface area contributed by atoms with Gasteiger partial charge in [-0.15, -0.1) is 0 Å². The van der Waals surface area contributed by atoms with E-state index in [9.17, 15) is 19.5 Å². The first-order valence-corrected chi connectivity index (χ1v) is 16.5. The third-order valence-electron chi connectivity index (χ3n) is 10.7. The molecular weight excluding hydrogens is 671 g/mol. The molecule has 0 spiro atoms. The molecule has 0 aromatic rings. The van der Waals surface area contributed by atoms with Gasteiger partial charge >= 0.3 is 0 Å². The molecule has 2 bridgehead atoms. The van der Waals surface area contributed by atoms with Gasteiger partial charge in [-0.2, -0.15) is 6.92 Å². The van der Waals surface area contributed by atoms with Crippen LogP contribution in [0.1, 0.15) is 81.6 Å². The Kier molecular flexibility index (Phi) is 15.4. The van der Waals surface area contributed by atoms with Crippen molar-refractivity contribution in [2.45, 2.75) is 136 Å². The smallest absolute Gasteiger partial charge is 0.186 e. The van der Waals surface area contributed by atoms with Crippen LogP contribution in [0, 0.1) is 29.6 Å². The maximum absolute atomic E-state index is 14.1. The molecule has 263 valence electrons. The van der Waals surface area contributed by atoms with E-state index in [1.54, 1.807) is 27.9 Å². The second kappa shape index (κ2) is 16.9. The summed E-state index contributed by atoms with van der Waals surface area (Å²) in [5, 5.41) is 11.9. The summed E-state index contributed by atoms with van der Waals surface area (Å²) in [6.07, 6.45) is -2.84. The normalized spacial score (nSPS) is 43.7. The first kappa shape index (κ1) is 41.7. The first-order chi connectivity index (χ1) is 20.9. The number of nitrogens with zero attached hydrogens (tertiary/aromatic N) is 1. The average molecular weight is 730 g/mol. The van der Waals surface area contributed by atoms with E-state index < -0.39 is 59.6 Å². The second-order valence-corrected chi connectivity index (χ2v) is 14.4. The number of carbonyl (C=O) groups is 3. The molecule has 1 radical (unpaired) electrons. The number of aliphatic hydroxyl groups is 1. The molecule has 1 N–H and O–H groups in total. The van der Waals surface area contributed by atoms with Crippen molar-refractivity contribution in [3.63, 3.8) is 0 Å². The quantitative estimate of drug-likeness (QED) is 0.331. The maximum Gasteiger partial charge on any atom is 0.186 e. The Morgan fingerprint density at radius 2 is 1.67 bits per heavy atom. The van der Waals surface area contributed by atoms with Crippen LogP contribution in [0.2, 0.25) is 0 Å². The van der Waals surface area contributed by atoms with Crippen molar-refractivity contribution >= 4 is 17.5 Å². The Morgan fingerprint density at radius 3 is 2.24 bits per heavy atom. The minimum absolute atomic E-state index is 0. The number of ether oxygens (including phenoxy) is 6. The average Bonchev–Trinajstić information content (AvgIpc) is 2.99. The van der Waals surface area contributed by atoms with Crippen LogP contribution in [0.15, 0.2) is 0 Å². The number of likely N-dealkylation sites (N-methyl/N-ethyl adjacent to an activating group) is 1. The van der Waals surface area contributed by atoms with Crippen molar-refractivity contribution < 1.29 is 80.6 Å². The number of esters is 1. The van der Waals surface area contributed by atoms with Gasteiger partial charge in [0.1, 0.15) is 31.0 Å². The largest absolute Gasteiger partial charge is 0.481 e. The van der Waals surface area contributed by atoms with Crippen LogP contribution in [0.5, 0.6) is 0 Å². The molecule has 13 atom stereocenters. The number of fused-ring (bicyclic) bond motifs is 5. The van der Waals surface area contributed by atoms with Crippen LogP contribution in [0.3, 0.4) is 0 Å². The van der Waals surface area contributed by atoms with E-state index in [2.05, 4.69) is 18.7 Å². The van der Waals surface area contributed by atoms with Gasteiger partial charge in [0.15, 0.2) is 18.0 Å². The number of rotatable bonds is 5. The summed E-state index contributed by atoms with van der Waals surface area (Å²) in [4.78, 5) is 43.0. The van der Waals surface area contributed by atoms with Crippen LogP contribution in [0.25, 0.3) is 0 Å². The molecule has 1 unspecified atom stereocenters. The van der Waals surface area contributed by atoms with Gasteiger partial charge in [0.25, 0.3) is 0 Å². The maximum atomic E-state index is 14.1. The number of ketones is 2. The van der Waals surface area contributed by atoms with Crippen LogP contribution in [-0.4, -0.2) is 116 Å². The fraction of sp³-hybridized carbons (Fsp3) is 0.882. The van der Waals surface area contributed by atoms with Crippen LogP contribution < -0.4 is 0 Å². The topological polar surface area (TPSA) is 130 Å². The Balaban J connectivity index is 0.00000736. The Hall–Kier alpha value is -0.496. The first-order valence-electron chi connectivity index (χ1n) is 16.5. The number of hydrogen-bond donors (Lipinski definition) is 1. The third-order valence-corrected chi connectivity index (χ3v) is 10.7. The molecule has 0 aliphatic carbocycles. The van der Waals surface area contributed by atoms with Gasteiger partial charge in [0, 0.05) is 57.6 Å². The van der Waals surface area contributed by atoms with Crippen molar-refractivity contribution in [2.24, 2.45) is 23.7 Å². The number of cyclic esters (lactones) is 1. The van der Waals surface area contributed by atoms with E-state index in [-0.39, 0.29) is 93.9 Å². The van der Waals surface area contributed by atoms with Gasteiger partial charge in [-0.3, -0.25) is 9.59 Å². The molecule has 0 aromatic carbocycles. The molecule has 46 heavy (non-hydrogen) atoms. The summed E-state index contributed by atoms with van der Waals surface area (Å²) in [5.41, 5.74) is -2.81. The molecule has 3 aliphatic rings. The summed E-state index contributed by atoms with van der Waals surface area (Å²) in [7, 11) is 5.56. The van der Waals surface area contributed by atoms with Gasteiger partial charge in [0.2, 0.25) is 0 Å². The van der Waals surface area contributed by atoms with Gasteiger partial charge in [-0.1, -0.05) is 34.6 Å². The molecule has 0 aromatic heterocycles. The van der Waals surface area contributed by atoms with Crippen LogP contribution in [0.4, 0.5) is 0 Å². The van der Waals surface area contributed by atoms with E-state index in [0.29, 0.717) is 6.42 Å². The van der Waals surface area contributed by atoms with Gasteiger partial charge in [-0.25, -0.2) is 5.92 Å². The van der Waals surface area contributed by atoms with Gasteiger partial charge in [0.05, 0.1) is 23.9 Å². The molecule has 3 rings (SSSR count). The third kappa shape index (κ3) is 8.99. The fourth-order valence-electron chi connectivity index (χ4n) is 7.63. The molecule has 11 nitrogen and oxygen atoms in total. The second-order valence-electron chi connectivity index (χ2n) is 14.4. The number of Topliss-reactive ketones (excluding diaryl/α,β-unsaturated/α-hetero) is 2. The minimum atomic E-state index is -1.64. The minimum Gasteiger partial charge on any atom is -0.481 e. The van der Waals surface area contributed by atoms with Crippen molar-refractivity contribution in [2.75, 3.05) is 34.4 Å². The van der Waals surface area contributed by atoms with E-state index in [1.165, 1.54) is 6.92 Å². The summed E-state index contributed by atoms with van der Waals surface area (Å²) in [5.74, 6) is -2.93. The molecule has 0 amide bonds. The molecule has 3 fully saturated rings. The molecular formula is C34H58NO10Y-. The van der Waals surface area contributed by atoms with Crippen molar-refractivity contribution in [3.05, 3.63) is 5.92 Å². The number of hydrogen-bond acceptors (Lipinski definition) is 11. The summed E-state index contributed by atoms with van der Waals surface area (Å²) in [6, 6.07) is -0.0212. The Morgan fingerprint density at radius 1 is 1.04 bits per heavy atom. The van der Waals surface area contributed by atoms with E-state index in [1.807, 2.05) is 34.9 Å².